The molecule has 0 fully saturated rings. The highest BCUT2D eigenvalue weighted by Gasteiger charge is 2.07. The molecule has 0 aliphatic carbocycles. The Balaban J connectivity index is 2.53. The predicted octanol–water partition coefficient (Wildman–Crippen LogP) is 1.32. The molecule has 2 N–H and O–H groups in total. The standard InChI is InChI=1S/C11H21N3O/c1-4-10(7-15)13-6-11-5-12-8-14(11)9(2)3/h5,8-10,13,15H,4,6-7H2,1-3H3. The molecule has 0 radical (unpaired) electrons. The SMILES string of the molecule is CCC(CO)NCc1cncn1C(C)C. The van der Waals surface area contributed by atoms with Gasteiger partial charge in [0.05, 0.1) is 18.6 Å². The van der Waals surface area contributed by atoms with Crippen molar-refractivity contribution < 1.29 is 5.11 Å². The summed E-state index contributed by atoms with van der Waals surface area (Å²) in [6.45, 7) is 7.28. The van der Waals surface area contributed by atoms with Crippen molar-refractivity contribution in [3.8, 4) is 0 Å². The molecule has 0 aliphatic rings. The second kappa shape index (κ2) is 5.88. The Morgan fingerprint density at radius 1 is 1.53 bits per heavy atom. The summed E-state index contributed by atoms with van der Waals surface area (Å²) >= 11 is 0. The van der Waals surface area contributed by atoms with E-state index in [4.69, 9.17) is 5.11 Å². The highest BCUT2D eigenvalue weighted by Crippen LogP contribution is 2.08. The Kier molecular flexibility index (Phi) is 4.78. The van der Waals surface area contributed by atoms with Crippen LogP contribution in [-0.2, 0) is 6.54 Å². The third-order valence-electron chi connectivity index (χ3n) is 2.59. The number of hydrogen-bond donors (Lipinski definition) is 2. The van der Waals surface area contributed by atoms with Crippen LogP contribution in [0.5, 0.6) is 0 Å². The van der Waals surface area contributed by atoms with E-state index < -0.39 is 0 Å². The van der Waals surface area contributed by atoms with Crippen molar-refractivity contribution in [2.24, 2.45) is 0 Å². The van der Waals surface area contributed by atoms with Crippen LogP contribution in [0.1, 0.15) is 38.9 Å². The van der Waals surface area contributed by atoms with Crippen molar-refractivity contribution >= 4 is 0 Å². The maximum atomic E-state index is 9.05. The highest BCUT2D eigenvalue weighted by atomic mass is 16.3. The van der Waals surface area contributed by atoms with E-state index in [2.05, 4.69) is 35.6 Å². The zero-order chi connectivity index (χ0) is 11.3. The van der Waals surface area contributed by atoms with Crippen molar-refractivity contribution in [2.75, 3.05) is 6.61 Å². The molecule has 0 spiro atoms. The molecular formula is C11H21N3O. The number of rotatable bonds is 6. The smallest absolute Gasteiger partial charge is 0.0951 e. The molecule has 0 saturated carbocycles. The molecule has 15 heavy (non-hydrogen) atoms. The average molecular weight is 211 g/mol. The van der Waals surface area contributed by atoms with Crippen LogP contribution in [0.3, 0.4) is 0 Å². The molecule has 0 amide bonds. The van der Waals surface area contributed by atoms with Crippen LogP contribution < -0.4 is 5.32 Å². The fourth-order valence-corrected chi connectivity index (χ4v) is 1.52. The number of nitrogens with zero attached hydrogens (tertiary/aromatic N) is 2. The van der Waals surface area contributed by atoms with Gasteiger partial charge in [0.2, 0.25) is 0 Å². The molecule has 0 saturated heterocycles. The first-order valence-corrected chi connectivity index (χ1v) is 5.54. The van der Waals surface area contributed by atoms with Gasteiger partial charge in [-0.25, -0.2) is 4.98 Å². The minimum absolute atomic E-state index is 0.181. The van der Waals surface area contributed by atoms with Gasteiger partial charge in [0, 0.05) is 24.8 Å². The minimum Gasteiger partial charge on any atom is -0.395 e. The maximum Gasteiger partial charge on any atom is 0.0951 e. The molecule has 1 aromatic heterocycles. The Morgan fingerprint density at radius 2 is 2.27 bits per heavy atom. The molecule has 0 aliphatic heterocycles. The quantitative estimate of drug-likeness (QED) is 0.746. The number of aliphatic hydroxyl groups excluding tert-OH is 1. The van der Waals surface area contributed by atoms with Crippen LogP contribution in [0.4, 0.5) is 0 Å². The first-order valence-electron chi connectivity index (χ1n) is 5.54. The van der Waals surface area contributed by atoms with Crippen LogP contribution >= 0.6 is 0 Å². The van der Waals surface area contributed by atoms with E-state index in [0.717, 1.165) is 18.7 Å². The summed E-state index contributed by atoms with van der Waals surface area (Å²) in [7, 11) is 0. The van der Waals surface area contributed by atoms with Gasteiger partial charge in [0.15, 0.2) is 0 Å². The van der Waals surface area contributed by atoms with E-state index >= 15 is 0 Å². The van der Waals surface area contributed by atoms with Crippen molar-refractivity contribution in [2.45, 2.75) is 45.8 Å². The molecule has 1 atom stereocenters. The van der Waals surface area contributed by atoms with Crippen molar-refractivity contribution in [3.05, 3.63) is 18.2 Å². The van der Waals surface area contributed by atoms with Gasteiger partial charge in [-0.1, -0.05) is 6.92 Å². The van der Waals surface area contributed by atoms with Crippen LogP contribution in [0, 0.1) is 0 Å². The zero-order valence-corrected chi connectivity index (χ0v) is 9.77. The van der Waals surface area contributed by atoms with E-state index in [1.54, 1.807) is 0 Å². The van der Waals surface area contributed by atoms with Gasteiger partial charge >= 0.3 is 0 Å². The summed E-state index contributed by atoms with van der Waals surface area (Å²) in [6.07, 6.45) is 4.66. The predicted molar refractivity (Wildman–Crippen MR) is 60.6 cm³/mol. The molecule has 4 heteroatoms. The summed E-state index contributed by atoms with van der Waals surface area (Å²) in [6, 6.07) is 0.610. The van der Waals surface area contributed by atoms with E-state index in [9.17, 15) is 0 Å². The van der Waals surface area contributed by atoms with Crippen molar-refractivity contribution in [1.82, 2.24) is 14.9 Å². The third kappa shape index (κ3) is 3.32. The second-order valence-electron chi connectivity index (χ2n) is 4.05. The molecule has 1 unspecified atom stereocenters. The molecule has 1 aromatic rings. The molecule has 86 valence electrons. The summed E-state index contributed by atoms with van der Waals surface area (Å²) in [5, 5.41) is 12.4. The lowest BCUT2D eigenvalue weighted by Gasteiger charge is -2.16. The van der Waals surface area contributed by atoms with E-state index in [0.29, 0.717) is 6.04 Å². The summed E-state index contributed by atoms with van der Waals surface area (Å²) in [5.41, 5.74) is 1.16. The number of imidazole rings is 1. The van der Waals surface area contributed by atoms with Crippen molar-refractivity contribution in [3.63, 3.8) is 0 Å². The summed E-state index contributed by atoms with van der Waals surface area (Å²) in [4.78, 5) is 4.13. The molecule has 4 nitrogen and oxygen atoms in total. The minimum atomic E-state index is 0.181. The third-order valence-corrected chi connectivity index (χ3v) is 2.59. The summed E-state index contributed by atoms with van der Waals surface area (Å²) < 4.78 is 2.14. The van der Waals surface area contributed by atoms with Crippen LogP contribution in [0.25, 0.3) is 0 Å². The zero-order valence-electron chi connectivity index (χ0n) is 9.77. The Labute approximate surface area is 91.3 Å². The van der Waals surface area contributed by atoms with Gasteiger partial charge in [-0.05, 0) is 20.3 Å². The van der Waals surface area contributed by atoms with Gasteiger partial charge in [-0.3, -0.25) is 0 Å². The van der Waals surface area contributed by atoms with Gasteiger partial charge < -0.3 is 15.0 Å². The fraction of sp³-hybridized carbons (Fsp3) is 0.727. The van der Waals surface area contributed by atoms with E-state index in [1.165, 1.54) is 0 Å². The normalized spacial score (nSPS) is 13.4. The number of aromatic nitrogens is 2. The van der Waals surface area contributed by atoms with Gasteiger partial charge in [-0.15, -0.1) is 0 Å². The summed E-state index contributed by atoms with van der Waals surface area (Å²) in [5.74, 6) is 0. The first kappa shape index (κ1) is 12.2. The lowest BCUT2D eigenvalue weighted by atomic mass is 10.2. The Hall–Kier alpha value is -0.870. The van der Waals surface area contributed by atoms with Gasteiger partial charge in [0.25, 0.3) is 0 Å². The van der Waals surface area contributed by atoms with Crippen LogP contribution in [-0.4, -0.2) is 27.3 Å². The second-order valence-corrected chi connectivity index (χ2v) is 4.05. The lowest BCUT2D eigenvalue weighted by Crippen LogP contribution is -2.32. The van der Waals surface area contributed by atoms with Gasteiger partial charge in [-0.2, -0.15) is 0 Å². The maximum absolute atomic E-state index is 9.05. The Morgan fingerprint density at radius 3 is 2.80 bits per heavy atom. The fourth-order valence-electron chi connectivity index (χ4n) is 1.52. The number of hydrogen-bond acceptors (Lipinski definition) is 3. The molecule has 0 aromatic carbocycles. The van der Waals surface area contributed by atoms with E-state index in [1.807, 2.05) is 12.5 Å². The number of aliphatic hydroxyl groups is 1. The molecule has 0 bridgehead atoms. The van der Waals surface area contributed by atoms with Crippen molar-refractivity contribution in [1.29, 1.82) is 0 Å². The average Bonchev–Trinajstić information content (AvgIpc) is 2.67. The van der Waals surface area contributed by atoms with Crippen LogP contribution in [0.15, 0.2) is 12.5 Å². The van der Waals surface area contributed by atoms with Gasteiger partial charge in [0.1, 0.15) is 0 Å². The lowest BCUT2D eigenvalue weighted by molar-refractivity contribution is 0.237. The highest BCUT2D eigenvalue weighted by molar-refractivity contribution is 4.99. The molecule has 1 rings (SSSR count). The first-order chi connectivity index (χ1) is 7.19. The monoisotopic (exact) mass is 211 g/mol. The topological polar surface area (TPSA) is 50.1 Å². The van der Waals surface area contributed by atoms with E-state index in [-0.39, 0.29) is 12.6 Å². The van der Waals surface area contributed by atoms with Crippen LogP contribution in [0.2, 0.25) is 0 Å². The largest absolute Gasteiger partial charge is 0.395 e. The number of nitrogens with one attached hydrogen (secondary N) is 1. The molecule has 1 heterocycles. The molecular weight excluding hydrogens is 190 g/mol. The Bertz CT molecular complexity index is 279.